The van der Waals surface area contributed by atoms with Crippen molar-refractivity contribution in [3.8, 4) is 6.07 Å². The van der Waals surface area contributed by atoms with Crippen LogP contribution < -0.4 is 0 Å². The average Bonchev–Trinajstić information content (AvgIpc) is 2.35. The predicted octanol–water partition coefficient (Wildman–Crippen LogP) is 3.87. The summed E-state index contributed by atoms with van der Waals surface area (Å²) in [6, 6.07) is 7.80. The Morgan fingerprint density at radius 3 is 2.53 bits per heavy atom. The second-order valence-corrected chi connectivity index (χ2v) is 6.78. The van der Waals surface area contributed by atoms with Crippen molar-refractivity contribution in [2.75, 3.05) is 5.75 Å². The van der Waals surface area contributed by atoms with Crippen LogP contribution in [0.15, 0.2) is 28.0 Å². The standard InChI is InChI=1S/C14H17NO2S2/c1-4-18-11-6-5-7-12(10(11)8-15)19-13(9(2)3)14(16)17/h5-7,9,13H,4H2,1-3H3,(H,16,17). The third-order valence-electron chi connectivity index (χ3n) is 2.50. The molecule has 0 aliphatic heterocycles. The molecule has 0 amide bonds. The van der Waals surface area contributed by atoms with Crippen LogP contribution in [0.3, 0.4) is 0 Å². The van der Waals surface area contributed by atoms with Gasteiger partial charge in [-0.15, -0.1) is 23.5 Å². The number of carboxylic acids is 1. The molecule has 1 unspecified atom stereocenters. The molecule has 1 aromatic rings. The molecule has 0 fully saturated rings. The third kappa shape index (κ3) is 4.19. The molecule has 0 aromatic heterocycles. The van der Waals surface area contributed by atoms with Crippen molar-refractivity contribution < 1.29 is 9.90 Å². The van der Waals surface area contributed by atoms with E-state index in [9.17, 15) is 15.2 Å². The highest BCUT2D eigenvalue weighted by atomic mass is 32.2. The lowest BCUT2D eigenvalue weighted by molar-refractivity contribution is -0.137. The summed E-state index contributed by atoms with van der Waals surface area (Å²) in [7, 11) is 0. The van der Waals surface area contributed by atoms with Crippen LogP contribution in [0.25, 0.3) is 0 Å². The molecule has 102 valence electrons. The topological polar surface area (TPSA) is 61.1 Å². The molecular formula is C14H17NO2S2. The van der Waals surface area contributed by atoms with Gasteiger partial charge >= 0.3 is 5.97 Å². The lowest BCUT2D eigenvalue weighted by atomic mass is 10.1. The van der Waals surface area contributed by atoms with E-state index < -0.39 is 11.2 Å². The molecule has 1 N–H and O–H groups in total. The van der Waals surface area contributed by atoms with Gasteiger partial charge in [-0.05, 0) is 23.8 Å². The summed E-state index contributed by atoms with van der Waals surface area (Å²) in [4.78, 5) is 12.9. The maximum absolute atomic E-state index is 11.2. The van der Waals surface area contributed by atoms with E-state index in [1.807, 2.05) is 39.0 Å². The Balaban J connectivity index is 3.10. The Labute approximate surface area is 122 Å². The largest absolute Gasteiger partial charge is 0.480 e. The summed E-state index contributed by atoms with van der Waals surface area (Å²) in [6.45, 7) is 5.78. The second-order valence-electron chi connectivity index (χ2n) is 4.29. The van der Waals surface area contributed by atoms with Gasteiger partial charge in [-0.3, -0.25) is 4.79 Å². The molecular weight excluding hydrogens is 278 g/mol. The summed E-state index contributed by atoms with van der Waals surface area (Å²) in [5.41, 5.74) is 0.589. The van der Waals surface area contributed by atoms with Gasteiger partial charge in [-0.1, -0.05) is 26.8 Å². The fourth-order valence-corrected chi connectivity index (χ4v) is 3.53. The number of hydrogen-bond donors (Lipinski definition) is 1. The van der Waals surface area contributed by atoms with Gasteiger partial charge in [-0.2, -0.15) is 5.26 Å². The molecule has 0 radical (unpaired) electrons. The van der Waals surface area contributed by atoms with Crippen LogP contribution in [0.4, 0.5) is 0 Å². The van der Waals surface area contributed by atoms with E-state index in [1.54, 1.807) is 11.8 Å². The molecule has 1 atom stereocenters. The van der Waals surface area contributed by atoms with Gasteiger partial charge in [0.1, 0.15) is 11.3 Å². The summed E-state index contributed by atoms with van der Waals surface area (Å²) < 4.78 is 0. The Morgan fingerprint density at radius 2 is 2.05 bits per heavy atom. The quantitative estimate of drug-likeness (QED) is 0.807. The Morgan fingerprint density at radius 1 is 1.42 bits per heavy atom. The van der Waals surface area contributed by atoms with Gasteiger partial charge in [-0.25, -0.2) is 0 Å². The normalized spacial score (nSPS) is 12.2. The van der Waals surface area contributed by atoms with Gasteiger partial charge < -0.3 is 5.11 Å². The van der Waals surface area contributed by atoms with E-state index >= 15 is 0 Å². The van der Waals surface area contributed by atoms with Crippen LogP contribution in [0.5, 0.6) is 0 Å². The van der Waals surface area contributed by atoms with Crippen molar-refractivity contribution in [3.05, 3.63) is 23.8 Å². The van der Waals surface area contributed by atoms with Crippen molar-refractivity contribution in [1.29, 1.82) is 5.26 Å². The number of carbonyl (C=O) groups is 1. The molecule has 0 saturated carbocycles. The SMILES string of the molecule is CCSc1cccc(SC(C(=O)O)C(C)C)c1C#N. The molecule has 19 heavy (non-hydrogen) atoms. The average molecular weight is 295 g/mol. The molecule has 0 spiro atoms. The van der Waals surface area contributed by atoms with Crippen LogP contribution >= 0.6 is 23.5 Å². The van der Waals surface area contributed by atoms with E-state index in [1.165, 1.54) is 11.8 Å². The van der Waals surface area contributed by atoms with Gasteiger partial charge in [0.25, 0.3) is 0 Å². The number of carboxylic acid groups (broad SMARTS) is 1. The first-order valence-corrected chi connectivity index (χ1v) is 7.93. The minimum Gasteiger partial charge on any atom is -0.480 e. The fraction of sp³-hybridized carbons (Fsp3) is 0.429. The summed E-state index contributed by atoms with van der Waals surface area (Å²) in [6.07, 6.45) is 0. The maximum Gasteiger partial charge on any atom is 0.317 e. The molecule has 0 aliphatic carbocycles. The summed E-state index contributed by atoms with van der Waals surface area (Å²) >= 11 is 2.86. The van der Waals surface area contributed by atoms with E-state index in [0.29, 0.717) is 5.56 Å². The van der Waals surface area contributed by atoms with Crippen LogP contribution in [0.2, 0.25) is 0 Å². The zero-order valence-corrected chi connectivity index (χ0v) is 12.8. The zero-order chi connectivity index (χ0) is 14.4. The first kappa shape index (κ1) is 15.9. The summed E-state index contributed by atoms with van der Waals surface area (Å²) in [5, 5.41) is 18.0. The third-order valence-corrected chi connectivity index (χ3v) is 5.04. The lowest BCUT2D eigenvalue weighted by Crippen LogP contribution is -2.22. The number of nitrogens with zero attached hydrogens (tertiary/aromatic N) is 1. The molecule has 1 aromatic carbocycles. The van der Waals surface area contributed by atoms with Crippen molar-refractivity contribution in [2.24, 2.45) is 5.92 Å². The predicted molar refractivity (Wildman–Crippen MR) is 79.7 cm³/mol. The minimum absolute atomic E-state index is 0.0107. The van der Waals surface area contributed by atoms with Crippen molar-refractivity contribution in [3.63, 3.8) is 0 Å². The van der Waals surface area contributed by atoms with Crippen molar-refractivity contribution in [1.82, 2.24) is 0 Å². The molecule has 5 heteroatoms. The number of nitriles is 1. The van der Waals surface area contributed by atoms with Crippen LogP contribution in [-0.4, -0.2) is 22.1 Å². The number of hydrogen-bond acceptors (Lipinski definition) is 4. The van der Waals surface area contributed by atoms with Gasteiger partial charge in [0.15, 0.2) is 0 Å². The molecule has 0 bridgehead atoms. The van der Waals surface area contributed by atoms with Crippen LogP contribution in [0, 0.1) is 17.2 Å². The number of benzene rings is 1. The van der Waals surface area contributed by atoms with E-state index in [0.717, 1.165) is 15.5 Å². The van der Waals surface area contributed by atoms with Crippen LogP contribution in [0.1, 0.15) is 26.3 Å². The fourth-order valence-electron chi connectivity index (χ4n) is 1.60. The van der Waals surface area contributed by atoms with Crippen molar-refractivity contribution >= 4 is 29.5 Å². The monoisotopic (exact) mass is 295 g/mol. The highest BCUT2D eigenvalue weighted by Gasteiger charge is 2.24. The number of aliphatic carboxylic acids is 1. The molecule has 0 saturated heterocycles. The Kier molecular flexibility index (Phi) is 6.26. The van der Waals surface area contributed by atoms with E-state index in [2.05, 4.69) is 6.07 Å². The highest BCUT2D eigenvalue weighted by Crippen LogP contribution is 2.35. The zero-order valence-electron chi connectivity index (χ0n) is 11.2. The smallest absolute Gasteiger partial charge is 0.317 e. The first-order valence-electron chi connectivity index (χ1n) is 6.06. The first-order chi connectivity index (χ1) is 9.01. The number of rotatable bonds is 6. The highest BCUT2D eigenvalue weighted by molar-refractivity contribution is 8.01. The van der Waals surface area contributed by atoms with Gasteiger partial charge in [0, 0.05) is 9.79 Å². The molecule has 0 aliphatic rings. The Hall–Kier alpha value is -1.12. The minimum atomic E-state index is -0.836. The second kappa shape index (κ2) is 7.46. The molecule has 3 nitrogen and oxygen atoms in total. The Bertz CT molecular complexity index is 495. The molecule has 1 rings (SSSR count). The van der Waals surface area contributed by atoms with Gasteiger partial charge in [0.2, 0.25) is 0 Å². The van der Waals surface area contributed by atoms with Crippen molar-refractivity contribution in [2.45, 2.75) is 35.8 Å². The van der Waals surface area contributed by atoms with Gasteiger partial charge in [0.05, 0.1) is 5.56 Å². The van der Waals surface area contributed by atoms with Crippen LogP contribution in [-0.2, 0) is 4.79 Å². The lowest BCUT2D eigenvalue weighted by Gasteiger charge is -2.17. The molecule has 0 heterocycles. The van der Waals surface area contributed by atoms with E-state index in [4.69, 9.17) is 0 Å². The van der Waals surface area contributed by atoms with E-state index in [-0.39, 0.29) is 5.92 Å². The number of thioether (sulfide) groups is 2. The maximum atomic E-state index is 11.2. The summed E-state index contributed by atoms with van der Waals surface area (Å²) in [5.74, 6) is 0.0592.